The summed E-state index contributed by atoms with van der Waals surface area (Å²) in [6.07, 6.45) is -8.89. The van der Waals surface area contributed by atoms with Gasteiger partial charge in [-0.3, -0.25) is 9.59 Å². The number of carbonyl (C=O) groups excluding carboxylic acids is 4. The molecular formula is C34H38O15. The molecule has 9 atom stereocenters. The predicted molar refractivity (Wildman–Crippen MR) is 166 cm³/mol. The Hall–Kier alpha value is -4.48. The Labute approximate surface area is 281 Å². The van der Waals surface area contributed by atoms with Crippen LogP contribution in [0, 0.1) is 0 Å². The first-order valence-corrected chi connectivity index (χ1v) is 15.2. The second-order valence-electron chi connectivity index (χ2n) is 11.1. The van der Waals surface area contributed by atoms with Gasteiger partial charge in [-0.15, -0.1) is 0 Å². The quantitative estimate of drug-likeness (QED) is 0.127. The molecule has 264 valence electrons. The van der Waals surface area contributed by atoms with Crippen molar-refractivity contribution in [1.82, 2.24) is 0 Å². The molecular weight excluding hydrogens is 648 g/mol. The number of esters is 4. The standard InChI is InChI=1S/C34H38O15/c1-20(35)43-17-24-28(39)30(41)31(42)33(46-24)49-34(19-45-21(2)36)32(47-27(38)16-14-23-11-7-4-8-12-23)29(40)25(48-34)18-44-26(37)15-13-22-9-5-3-6-10-22/h3-16,24-25,28-33,39-42H,17-19H2,1-2H3/b15-13+,16-14+/t24-,25-,28-,29-,30+,31-,32+,33-,34+/m1/s1. The Kier molecular flexibility index (Phi) is 13.2. The molecule has 49 heavy (non-hydrogen) atoms. The Morgan fingerprint density at radius 2 is 1.24 bits per heavy atom. The molecule has 2 heterocycles. The molecule has 4 rings (SSSR count). The van der Waals surface area contributed by atoms with Crippen LogP contribution in [-0.4, -0.2) is 119 Å². The van der Waals surface area contributed by atoms with Crippen LogP contribution in [0.15, 0.2) is 72.8 Å². The summed E-state index contributed by atoms with van der Waals surface area (Å²) in [6.45, 7) is 0.132. The molecule has 0 saturated carbocycles. The summed E-state index contributed by atoms with van der Waals surface area (Å²) in [4.78, 5) is 48.9. The Morgan fingerprint density at radius 1 is 0.694 bits per heavy atom. The topological polar surface area (TPSA) is 214 Å². The van der Waals surface area contributed by atoms with Crippen molar-refractivity contribution in [2.45, 2.75) is 68.7 Å². The number of hydrogen-bond donors (Lipinski definition) is 4. The fraction of sp³-hybridized carbons (Fsp3) is 0.412. The number of hydrogen-bond acceptors (Lipinski definition) is 15. The smallest absolute Gasteiger partial charge is 0.331 e. The average molecular weight is 687 g/mol. The van der Waals surface area contributed by atoms with Gasteiger partial charge in [-0.2, -0.15) is 0 Å². The summed E-state index contributed by atoms with van der Waals surface area (Å²) in [5.41, 5.74) is 1.36. The zero-order chi connectivity index (χ0) is 35.6. The second kappa shape index (κ2) is 17.3. The lowest BCUT2D eigenvalue weighted by molar-refractivity contribution is -0.383. The van der Waals surface area contributed by atoms with Crippen molar-refractivity contribution in [2.24, 2.45) is 0 Å². The first-order chi connectivity index (χ1) is 23.4. The molecule has 0 aliphatic carbocycles. The molecule has 0 bridgehead atoms. The SMILES string of the molecule is CC(=O)OC[C@H]1O[C@H](O[C@]2(COC(C)=O)O[C@H](COC(=O)/C=C/c3ccccc3)[C@@H](O)[C@@H]2OC(=O)/C=C/c2ccccc2)[C@H](O)[C@@H](O)[C@@H]1O. The van der Waals surface area contributed by atoms with E-state index in [-0.39, 0.29) is 0 Å². The van der Waals surface area contributed by atoms with Gasteiger partial charge in [-0.25, -0.2) is 9.59 Å². The van der Waals surface area contributed by atoms with Gasteiger partial charge < -0.3 is 53.6 Å². The summed E-state index contributed by atoms with van der Waals surface area (Å²) < 4.78 is 38.4. The summed E-state index contributed by atoms with van der Waals surface area (Å²) in [5.74, 6) is -5.82. The van der Waals surface area contributed by atoms with Crippen molar-refractivity contribution >= 4 is 36.0 Å². The molecule has 2 fully saturated rings. The van der Waals surface area contributed by atoms with Crippen molar-refractivity contribution in [1.29, 1.82) is 0 Å². The predicted octanol–water partition coefficient (Wildman–Crippen LogP) is 0.275. The van der Waals surface area contributed by atoms with Crippen LogP contribution in [-0.2, 0) is 52.3 Å². The highest BCUT2D eigenvalue weighted by molar-refractivity contribution is 5.87. The summed E-state index contributed by atoms with van der Waals surface area (Å²) >= 11 is 0. The highest BCUT2D eigenvalue weighted by atomic mass is 16.8. The van der Waals surface area contributed by atoms with Crippen LogP contribution in [0.4, 0.5) is 0 Å². The minimum Gasteiger partial charge on any atom is -0.463 e. The molecule has 15 nitrogen and oxygen atoms in total. The van der Waals surface area contributed by atoms with Crippen molar-refractivity contribution < 1.29 is 72.8 Å². The fourth-order valence-corrected chi connectivity index (χ4v) is 4.97. The summed E-state index contributed by atoms with van der Waals surface area (Å²) in [7, 11) is 0. The van der Waals surface area contributed by atoms with E-state index in [2.05, 4.69) is 0 Å². The third-order valence-electron chi connectivity index (χ3n) is 7.44. The van der Waals surface area contributed by atoms with E-state index in [0.29, 0.717) is 11.1 Å². The lowest BCUT2D eigenvalue weighted by Crippen LogP contribution is -2.63. The van der Waals surface area contributed by atoms with Gasteiger partial charge in [0.25, 0.3) is 0 Å². The molecule has 0 unspecified atom stereocenters. The highest BCUT2D eigenvalue weighted by Gasteiger charge is 2.62. The number of benzene rings is 2. The molecule has 2 aromatic carbocycles. The van der Waals surface area contributed by atoms with Crippen molar-refractivity contribution in [3.8, 4) is 0 Å². The summed E-state index contributed by atoms with van der Waals surface area (Å²) in [6, 6.07) is 17.6. The zero-order valence-electron chi connectivity index (χ0n) is 26.6. The van der Waals surface area contributed by atoms with Gasteiger partial charge >= 0.3 is 23.9 Å². The Morgan fingerprint density at radius 3 is 1.82 bits per heavy atom. The number of rotatable bonds is 13. The molecule has 4 N–H and O–H groups in total. The van der Waals surface area contributed by atoms with E-state index in [1.165, 1.54) is 12.2 Å². The van der Waals surface area contributed by atoms with E-state index in [4.69, 9.17) is 33.2 Å². The second-order valence-corrected chi connectivity index (χ2v) is 11.1. The van der Waals surface area contributed by atoms with E-state index in [9.17, 15) is 39.6 Å². The number of carbonyl (C=O) groups is 4. The fourth-order valence-electron chi connectivity index (χ4n) is 4.97. The minimum atomic E-state index is -2.45. The van der Waals surface area contributed by atoms with Crippen LogP contribution in [0.5, 0.6) is 0 Å². The maximum atomic E-state index is 13.1. The van der Waals surface area contributed by atoms with Crippen molar-refractivity contribution in [3.63, 3.8) is 0 Å². The monoisotopic (exact) mass is 686 g/mol. The molecule has 0 aromatic heterocycles. The van der Waals surface area contributed by atoms with Gasteiger partial charge in [0.05, 0.1) is 0 Å². The molecule has 0 radical (unpaired) electrons. The van der Waals surface area contributed by atoms with E-state index < -0.39 is 98.5 Å². The maximum Gasteiger partial charge on any atom is 0.331 e. The zero-order valence-corrected chi connectivity index (χ0v) is 26.6. The van der Waals surface area contributed by atoms with Gasteiger partial charge in [0.1, 0.15) is 56.4 Å². The van der Waals surface area contributed by atoms with Gasteiger partial charge in [-0.05, 0) is 23.3 Å². The van der Waals surface area contributed by atoms with Gasteiger partial charge in [0.15, 0.2) is 12.4 Å². The molecule has 0 spiro atoms. The minimum absolute atomic E-state index is 0.557. The molecule has 0 amide bonds. The van der Waals surface area contributed by atoms with Crippen LogP contribution in [0.3, 0.4) is 0 Å². The lowest BCUT2D eigenvalue weighted by Gasteiger charge is -2.43. The van der Waals surface area contributed by atoms with Gasteiger partial charge in [0, 0.05) is 26.0 Å². The summed E-state index contributed by atoms with van der Waals surface area (Å²) in [5, 5.41) is 43.2. The molecule has 2 aromatic rings. The van der Waals surface area contributed by atoms with Crippen LogP contribution in [0.1, 0.15) is 25.0 Å². The maximum absolute atomic E-state index is 13.1. The van der Waals surface area contributed by atoms with E-state index in [1.54, 1.807) is 60.7 Å². The van der Waals surface area contributed by atoms with Crippen LogP contribution in [0.2, 0.25) is 0 Å². The number of aliphatic hydroxyl groups excluding tert-OH is 4. The van der Waals surface area contributed by atoms with E-state index in [0.717, 1.165) is 26.0 Å². The van der Waals surface area contributed by atoms with E-state index in [1.807, 2.05) is 0 Å². The third kappa shape index (κ3) is 10.3. The van der Waals surface area contributed by atoms with Crippen LogP contribution < -0.4 is 0 Å². The third-order valence-corrected chi connectivity index (χ3v) is 7.44. The Balaban J connectivity index is 1.61. The highest BCUT2D eigenvalue weighted by Crippen LogP contribution is 2.39. The largest absolute Gasteiger partial charge is 0.463 e. The number of aliphatic hydroxyl groups is 4. The van der Waals surface area contributed by atoms with Gasteiger partial charge in [-0.1, -0.05) is 60.7 Å². The molecule has 2 saturated heterocycles. The van der Waals surface area contributed by atoms with Crippen LogP contribution in [0.25, 0.3) is 12.2 Å². The number of ether oxygens (including phenoxy) is 7. The lowest BCUT2D eigenvalue weighted by atomic mass is 9.98. The van der Waals surface area contributed by atoms with E-state index >= 15 is 0 Å². The van der Waals surface area contributed by atoms with Crippen molar-refractivity contribution in [2.75, 3.05) is 19.8 Å². The van der Waals surface area contributed by atoms with Gasteiger partial charge in [0.2, 0.25) is 5.79 Å². The van der Waals surface area contributed by atoms with Crippen LogP contribution >= 0.6 is 0 Å². The average Bonchev–Trinajstić information content (AvgIpc) is 3.34. The normalized spacial score (nSPS) is 29.8. The molecule has 15 heteroatoms. The Bertz CT molecular complexity index is 1480. The molecule has 2 aliphatic heterocycles. The molecule has 2 aliphatic rings. The van der Waals surface area contributed by atoms with Crippen molar-refractivity contribution in [3.05, 3.63) is 83.9 Å². The first kappa shape index (κ1) is 37.3. The first-order valence-electron chi connectivity index (χ1n) is 15.2.